The lowest BCUT2D eigenvalue weighted by Crippen LogP contribution is -2.06. The van der Waals surface area contributed by atoms with Crippen molar-refractivity contribution >= 4 is 10.7 Å². The minimum absolute atomic E-state index is 0.0848. The van der Waals surface area contributed by atoms with Gasteiger partial charge in [-0.2, -0.15) is 0 Å². The lowest BCUT2D eigenvalue weighted by atomic mass is 10.0. The van der Waals surface area contributed by atoms with Crippen molar-refractivity contribution in [1.29, 1.82) is 0 Å². The molecule has 0 amide bonds. The molecule has 1 unspecified atom stereocenters. The van der Waals surface area contributed by atoms with Gasteiger partial charge in [0.1, 0.15) is 16.5 Å². The molecule has 0 bridgehead atoms. The van der Waals surface area contributed by atoms with Crippen LogP contribution >= 0.6 is 0 Å². The fourth-order valence-electron chi connectivity index (χ4n) is 1.34. The van der Waals surface area contributed by atoms with Crippen LogP contribution in [0.15, 0.2) is 24.3 Å². The predicted molar refractivity (Wildman–Crippen MR) is 54.4 cm³/mol. The molecule has 0 heterocycles. The normalized spacial score (nSPS) is 13.1. The van der Waals surface area contributed by atoms with Crippen molar-refractivity contribution in [2.24, 2.45) is 5.92 Å². The molecule has 0 aliphatic carbocycles. The standard InChI is InChI=1S/C10H13FO2S/c1-8(7-14(12)13)6-9-2-4-10(11)5-3-9/h2-5,8,14H,6-7H2,1H3. The van der Waals surface area contributed by atoms with Gasteiger partial charge in [0.2, 0.25) is 0 Å². The third kappa shape index (κ3) is 3.87. The second-order valence-electron chi connectivity index (χ2n) is 3.45. The summed E-state index contributed by atoms with van der Waals surface area (Å²) in [7, 11) is -2.32. The van der Waals surface area contributed by atoms with Crippen LogP contribution < -0.4 is 0 Å². The first kappa shape index (κ1) is 11.2. The molecule has 1 aromatic rings. The Morgan fingerprint density at radius 2 is 1.86 bits per heavy atom. The summed E-state index contributed by atoms with van der Waals surface area (Å²) in [6, 6.07) is 6.14. The minimum atomic E-state index is -2.32. The van der Waals surface area contributed by atoms with Crippen LogP contribution in [-0.4, -0.2) is 14.2 Å². The fourth-order valence-corrected chi connectivity index (χ4v) is 1.98. The maximum absolute atomic E-state index is 12.5. The molecule has 1 rings (SSSR count). The summed E-state index contributed by atoms with van der Waals surface area (Å²) in [5.41, 5.74) is 0.968. The van der Waals surface area contributed by atoms with Crippen LogP contribution in [0.2, 0.25) is 0 Å². The van der Waals surface area contributed by atoms with E-state index in [4.69, 9.17) is 0 Å². The summed E-state index contributed by atoms with van der Waals surface area (Å²) in [5.74, 6) is 0.00469. The summed E-state index contributed by atoms with van der Waals surface area (Å²) in [4.78, 5) is 0. The lowest BCUT2D eigenvalue weighted by molar-refractivity contribution is 0.585. The highest BCUT2D eigenvalue weighted by Gasteiger charge is 2.04. The highest BCUT2D eigenvalue weighted by atomic mass is 32.2. The molecule has 78 valence electrons. The maximum atomic E-state index is 12.5. The molecule has 1 atom stereocenters. The average Bonchev–Trinajstić information content (AvgIpc) is 2.07. The van der Waals surface area contributed by atoms with Crippen LogP contribution in [0, 0.1) is 11.7 Å². The first-order valence-corrected chi connectivity index (χ1v) is 5.80. The van der Waals surface area contributed by atoms with Crippen LogP contribution in [-0.2, 0) is 17.1 Å². The Morgan fingerprint density at radius 3 is 2.36 bits per heavy atom. The van der Waals surface area contributed by atoms with Gasteiger partial charge in [-0.25, -0.2) is 12.8 Å². The number of thiol groups is 1. The van der Waals surface area contributed by atoms with E-state index in [-0.39, 0.29) is 17.5 Å². The van der Waals surface area contributed by atoms with Gasteiger partial charge in [-0.3, -0.25) is 0 Å². The quantitative estimate of drug-likeness (QED) is 0.776. The van der Waals surface area contributed by atoms with E-state index >= 15 is 0 Å². The zero-order chi connectivity index (χ0) is 10.6. The van der Waals surface area contributed by atoms with Gasteiger partial charge in [0.25, 0.3) is 0 Å². The van der Waals surface area contributed by atoms with Crippen LogP contribution in [0.1, 0.15) is 12.5 Å². The SMILES string of the molecule is CC(Cc1ccc(F)cc1)C[SH](=O)=O. The van der Waals surface area contributed by atoms with E-state index < -0.39 is 10.7 Å². The Labute approximate surface area is 84.7 Å². The molecular formula is C10H13FO2S. The molecule has 0 N–H and O–H groups in total. The smallest absolute Gasteiger partial charge is 0.140 e. The lowest BCUT2D eigenvalue weighted by Gasteiger charge is -2.06. The van der Waals surface area contributed by atoms with Crippen molar-refractivity contribution in [1.82, 2.24) is 0 Å². The monoisotopic (exact) mass is 216 g/mol. The van der Waals surface area contributed by atoms with Crippen LogP contribution in [0.4, 0.5) is 4.39 Å². The van der Waals surface area contributed by atoms with E-state index in [0.29, 0.717) is 6.42 Å². The molecule has 2 nitrogen and oxygen atoms in total. The summed E-state index contributed by atoms with van der Waals surface area (Å²) in [5, 5.41) is 0. The second-order valence-corrected chi connectivity index (χ2v) is 4.48. The van der Waals surface area contributed by atoms with Gasteiger partial charge in [-0.05, 0) is 30.0 Å². The summed E-state index contributed by atoms with van der Waals surface area (Å²) in [6.45, 7) is 1.87. The molecule has 14 heavy (non-hydrogen) atoms. The van der Waals surface area contributed by atoms with Crippen molar-refractivity contribution in [3.05, 3.63) is 35.6 Å². The summed E-state index contributed by atoms with van der Waals surface area (Å²) >= 11 is 0. The van der Waals surface area contributed by atoms with Gasteiger partial charge in [0.15, 0.2) is 0 Å². The van der Waals surface area contributed by atoms with E-state index in [0.717, 1.165) is 5.56 Å². The molecular weight excluding hydrogens is 203 g/mol. The van der Waals surface area contributed by atoms with Crippen molar-refractivity contribution in [2.45, 2.75) is 13.3 Å². The van der Waals surface area contributed by atoms with Gasteiger partial charge in [-0.1, -0.05) is 19.1 Å². The number of halogens is 1. The maximum Gasteiger partial charge on any atom is 0.140 e. The number of benzene rings is 1. The van der Waals surface area contributed by atoms with Crippen LogP contribution in [0.3, 0.4) is 0 Å². The Kier molecular flexibility index (Phi) is 4.07. The molecule has 0 aliphatic heterocycles. The predicted octanol–water partition coefficient (Wildman–Crippen LogP) is 1.62. The zero-order valence-corrected chi connectivity index (χ0v) is 8.84. The summed E-state index contributed by atoms with van der Waals surface area (Å²) < 4.78 is 33.4. The third-order valence-electron chi connectivity index (χ3n) is 1.96. The molecule has 0 aliphatic rings. The van der Waals surface area contributed by atoms with E-state index in [2.05, 4.69) is 0 Å². The topological polar surface area (TPSA) is 34.1 Å². The molecule has 1 aromatic carbocycles. The molecule has 0 spiro atoms. The average molecular weight is 216 g/mol. The Bertz CT molecular complexity index is 349. The van der Waals surface area contributed by atoms with Gasteiger partial charge in [0, 0.05) is 0 Å². The van der Waals surface area contributed by atoms with E-state index in [1.807, 2.05) is 6.92 Å². The first-order valence-electron chi connectivity index (χ1n) is 4.44. The van der Waals surface area contributed by atoms with Crippen molar-refractivity contribution in [2.75, 3.05) is 5.75 Å². The Hall–Kier alpha value is -0.900. The van der Waals surface area contributed by atoms with Crippen LogP contribution in [0.5, 0.6) is 0 Å². The van der Waals surface area contributed by atoms with E-state index in [1.54, 1.807) is 12.1 Å². The highest BCUT2D eigenvalue weighted by molar-refractivity contribution is 7.72. The molecule has 0 saturated heterocycles. The Morgan fingerprint density at radius 1 is 1.29 bits per heavy atom. The largest absolute Gasteiger partial charge is 0.232 e. The Balaban J connectivity index is 2.56. The van der Waals surface area contributed by atoms with Gasteiger partial charge < -0.3 is 0 Å². The highest BCUT2D eigenvalue weighted by Crippen LogP contribution is 2.09. The van der Waals surface area contributed by atoms with Gasteiger partial charge in [0.05, 0.1) is 5.75 Å². The fraction of sp³-hybridized carbons (Fsp3) is 0.400. The van der Waals surface area contributed by atoms with Gasteiger partial charge >= 0.3 is 0 Å². The number of hydrogen-bond donors (Lipinski definition) is 1. The van der Waals surface area contributed by atoms with Gasteiger partial charge in [-0.15, -0.1) is 0 Å². The van der Waals surface area contributed by atoms with E-state index in [1.165, 1.54) is 12.1 Å². The molecule has 4 heteroatoms. The van der Waals surface area contributed by atoms with E-state index in [9.17, 15) is 12.8 Å². The van der Waals surface area contributed by atoms with Crippen molar-refractivity contribution in [3.63, 3.8) is 0 Å². The molecule has 0 radical (unpaired) electrons. The summed E-state index contributed by atoms with van der Waals surface area (Å²) in [6.07, 6.45) is 0.670. The number of hydrogen-bond acceptors (Lipinski definition) is 2. The number of rotatable bonds is 4. The minimum Gasteiger partial charge on any atom is -0.232 e. The molecule has 0 fully saturated rings. The van der Waals surface area contributed by atoms with Crippen LogP contribution in [0.25, 0.3) is 0 Å². The van der Waals surface area contributed by atoms with Crippen molar-refractivity contribution in [3.8, 4) is 0 Å². The zero-order valence-electron chi connectivity index (χ0n) is 7.94. The molecule has 0 saturated carbocycles. The third-order valence-corrected chi connectivity index (χ3v) is 2.88. The molecule has 0 aromatic heterocycles. The second kappa shape index (κ2) is 5.10. The van der Waals surface area contributed by atoms with Crippen molar-refractivity contribution < 1.29 is 12.8 Å². The first-order chi connectivity index (χ1) is 6.58.